The Morgan fingerprint density at radius 1 is 1.17 bits per heavy atom. The van der Waals surface area contributed by atoms with Gasteiger partial charge in [-0.25, -0.2) is 0 Å². The molecule has 24 heavy (non-hydrogen) atoms. The lowest BCUT2D eigenvalue weighted by Crippen LogP contribution is -2.33. The molecule has 1 aromatic rings. The van der Waals surface area contributed by atoms with E-state index in [0.717, 1.165) is 25.7 Å². The zero-order valence-corrected chi connectivity index (χ0v) is 14.0. The van der Waals surface area contributed by atoms with Crippen LogP contribution in [0.4, 0.5) is 5.69 Å². The molecule has 2 N–H and O–H groups in total. The summed E-state index contributed by atoms with van der Waals surface area (Å²) in [6, 6.07) is 7.03. The molecule has 0 aliphatic heterocycles. The maximum atomic E-state index is 12.4. The van der Waals surface area contributed by atoms with Crippen molar-refractivity contribution in [2.45, 2.75) is 51.5 Å². The van der Waals surface area contributed by atoms with E-state index in [-0.39, 0.29) is 25.0 Å². The standard InChI is InChI=1S/C18H24N2O4/c1-2-7-17(22)24-12-16(21)20-15-11-6-5-10-14(15)18(23)19-13-8-3-4-9-13/h5-6,10-11,13H,2-4,7-9,12H2,1H3,(H,19,23)(H,20,21). The normalized spacial score (nSPS) is 14.2. The van der Waals surface area contributed by atoms with E-state index in [1.165, 1.54) is 0 Å². The summed E-state index contributed by atoms with van der Waals surface area (Å²) in [6.07, 6.45) is 5.21. The second kappa shape index (κ2) is 9.05. The zero-order valence-electron chi connectivity index (χ0n) is 14.0. The molecule has 1 aliphatic rings. The van der Waals surface area contributed by atoms with Crippen molar-refractivity contribution in [3.05, 3.63) is 29.8 Å². The smallest absolute Gasteiger partial charge is 0.306 e. The highest BCUT2D eigenvalue weighted by atomic mass is 16.5. The van der Waals surface area contributed by atoms with Crippen molar-refractivity contribution in [2.75, 3.05) is 11.9 Å². The second-order valence-electron chi connectivity index (χ2n) is 5.96. The fraction of sp³-hybridized carbons (Fsp3) is 0.500. The molecule has 1 aromatic carbocycles. The minimum Gasteiger partial charge on any atom is -0.456 e. The Balaban J connectivity index is 1.93. The molecular formula is C18H24N2O4. The molecule has 130 valence electrons. The van der Waals surface area contributed by atoms with Crippen LogP contribution >= 0.6 is 0 Å². The van der Waals surface area contributed by atoms with Crippen LogP contribution in [0.25, 0.3) is 0 Å². The van der Waals surface area contributed by atoms with Crippen molar-refractivity contribution >= 4 is 23.5 Å². The van der Waals surface area contributed by atoms with Gasteiger partial charge in [-0.1, -0.05) is 31.9 Å². The predicted molar refractivity (Wildman–Crippen MR) is 90.7 cm³/mol. The SMILES string of the molecule is CCCC(=O)OCC(=O)Nc1ccccc1C(=O)NC1CCCC1. The first-order valence-electron chi connectivity index (χ1n) is 8.45. The van der Waals surface area contributed by atoms with E-state index in [9.17, 15) is 14.4 Å². The number of amides is 2. The van der Waals surface area contributed by atoms with Crippen LogP contribution in [-0.4, -0.2) is 30.4 Å². The van der Waals surface area contributed by atoms with Gasteiger partial charge < -0.3 is 15.4 Å². The van der Waals surface area contributed by atoms with Gasteiger partial charge in [0.1, 0.15) is 0 Å². The Bertz CT molecular complexity index is 594. The van der Waals surface area contributed by atoms with Crippen LogP contribution in [0.1, 0.15) is 55.8 Å². The molecule has 6 heteroatoms. The molecular weight excluding hydrogens is 308 g/mol. The maximum absolute atomic E-state index is 12.4. The minimum absolute atomic E-state index is 0.194. The summed E-state index contributed by atoms with van der Waals surface area (Å²) in [5.41, 5.74) is 0.835. The van der Waals surface area contributed by atoms with Crippen LogP contribution in [0.2, 0.25) is 0 Å². The highest BCUT2D eigenvalue weighted by Gasteiger charge is 2.20. The van der Waals surface area contributed by atoms with E-state index in [2.05, 4.69) is 10.6 Å². The average molecular weight is 332 g/mol. The van der Waals surface area contributed by atoms with Gasteiger partial charge in [-0.05, 0) is 31.4 Å². The molecule has 0 saturated heterocycles. The van der Waals surface area contributed by atoms with Gasteiger partial charge in [-0.2, -0.15) is 0 Å². The molecule has 0 aromatic heterocycles. The van der Waals surface area contributed by atoms with E-state index >= 15 is 0 Å². The number of carbonyl (C=O) groups is 3. The lowest BCUT2D eigenvalue weighted by atomic mass is 10.1. The molecule has 0 bridgehead atoms. The summed E-state index contributed by atoms with van der Waals surface area (Å²) in [7, 11) is 0. The highest BCUT2D eigenvalue weighted by Crippen LogP contribution is 2.20. The van der Waals surface area contributed by atoms with Crippen LogP contribution in [0.15, 0.2) is 24.3 Å². The van der Waals surface area contributed by atoms with E-state index < -0.39 is 11.9 Å². The molecule has 1 fully saturated rings. The Kier molecular flexibility index (Phi) is 6.78. The number of hydrogen-bond acceptors (Lipinski definition) is 4. The number of ether oxygens (including phenoxy) is 1. The Morgan fingerprint density at radius 3 is 2.58 bits per heavy atom. The molecule has 0 spiro atoms. The van der Waals surface area contributed by atoms with Crippen LogP contribution in [0.3, 0.4) is 0 Å². The molecule has 0 heterocycles. The first kappa shape index (κ1) is 18.0. The van der Waals surface area contributed by atoms with Crippen molar-refractivity contribution < 1.29 is 19.1 Å². The number of benzene rings is 1. The van der Waals surface area contributed by atoms with Crippen molar-refractivity contribution in [3.63, 3.8) is 0 Å². The molecule has 1 aliphatic carbocycles. The number of hydrogen-bond donors (Lipinski definition) is 2. The predicted octanol–water partition coefficient (Wildman–Crippen LogP) is 2.64. The summed E-state index contributed by atoms with van der Waals surface area (Å²) in [5, 5.41) is 5.64. The summed E-state index contributed by atoms with van der Waals surface area (Å²) in [5.74, 6) is -1.05. The van der Waals surface area contributed by atoms with E-state index in [1.807, 2.05) is 6.92 Å². The molecule has 0 atom stereocenters. The Hall–Kier alpha value is -2.37. The molecule has 0 unspecified atom stereocenters. The van der Waals surface area contributed by atoms with E-state index in [1.54, 1.807) is 24.3 Å². The highest BCUT2D eigenvalue weighted by molar-refractivity contribution is 6.04. The topological polar surface area (TPSA) is 84.5 Å². The molecule has 6 nitrogen and oxygen atoms in total. The van der Waals surface area contributed by atoms with Crippen LogP contribution in [0, 0.1) is 0 Å². The Morgan fingerprint density at radius 2 is 1.88 bits per heavy atom. The number of para-hydroxylation sites is 1. The van der Waals surface area contributed by atoms with Crippen molar-refractivity contribution in [1.82, 2.24) is 5.32 Å². The fourth-order valence-corrected chi connectivity index (χ4v) is 2.73. The van der Waals surface area contributed by atoms with Gasteiger partial charge in [-0.15, -0.1) is 0 Å². The van der Waals surface area contributed by atoms with Gasteiger partial charge in [0.05, 0.1) is 11.3 Å². The van der Waals surface area contributed by atoms with Gasteiger partial charge in [0, 0.05) is 12.5 Å². The number of rotatable bonds is 7. The average Bonchev–Trinajstić information content (AvgIpc) is 3.06. The second-order valence-corrected chi connectivity index (χ2v) is 5.96. The third-order valence-electron chi connectivity index (χ3n) is 3.95. The largest absolute Gasteiger partial charge is 0.456 e. The van der Waals surface area contributed by atoms with Gasteiger partial charge in [0.2, 0.25) is 0 Å². The zero-order chi connectivity index (χ0) is 17.4. The quantitative estimate of drug-likeness (QED) is 0.752. The fourth-order valence-electron chi connectivity index (χ4n) is 2.73. The third-order valence-corrected chi connectivity index (χ3v) is 3.95. The van der Waals surface area contributed by atoms with Gasteiger partial charge >= 0.3 is 5.97 Å². The summed E-state index contributed by atoms with van der Waals surface area (Å²) >= 11 is 0. The minimum atomic E-state index is -0.458. The number of carbonyl (C=O) groups excluding carboxylic acids is 3. The first-order chi connectivity index (χ1) is 11.6. The van der Waals surface area contributed by atoms with Gasteiger partial charge in [0.15, 0.2) is 6.61 Å². The number of anilines is 1. The van der Waals surface area contributed by atoms with Crippen molar-refractivity contribution in [3.8, 4) is 0 Å². The maximum Gasteiger partial charge on any atom is 0.306 e. The first-order valence-corrected chi connectivity index (χ1v) is 8.45. The van der Waals surface area contributed by atoms with Gasteiger partial charge in [-0.3, -0.25) is 14.4 Å². The van der Waals surface area contributed by atoms with E-state index in [0.29, 0.717) is 17.7 Å². The lowest BCUT2D eigenvalue weighted by Gasteiger charge is -2.15. The van der Waals surface area contributed by atoms with Crippen LogP contribution in [-0.2, 0) is 14.3 Å². The van der Waals surface area contributed by atoms with Crippen LogP contribution in [0.5, 0.6) is 0 Å². The van der Waals surface area contributed by atoms with Gasteiger partial charge in [0.25, 0.3) is 11.8 Å². The van der Waals surface area contributed by atoms with Crippen molar-refractivity contribution in [1.29, 1.82) is 0 Å². The molecule has 1 saturated carbocycles. The summed E-state index contributed by atoms with van der Waals surface area (Å²) in [6.45, 7) is 1.51. The molecule has 2 rings (SSSR count). The van der Waals surface area contributed by atoms with E-state index in [4.69, 9.17) is 4.74 Å². The van der Waals surface area contributed by atoms with Crippen LogP contribution < -0.4 is 10.6 Å². The summed E-state index contributed by atoms with van der Waals surface area (Å²) in [4.78, 5) is 35.6. The van der Waals surface area contributed by atoms with Crippen molar-refractivity contribution in [2.24, 2.45) is 0 Å². The monoisotopic (exact) mass is 332 g/mol. The molecule has 0 radical (unpaired) electrons. The number of nitrogens with one attached hydrogen (secondary N) is 2. The molecule has 2 amide bonds. The summed E-state index contributed by atoms with van der Waals surface area (Å²) < 4.78 is 4.87. The lowest BCUT2D eigenvalue weighted by molar-refractivity contribution is -0.147. The third kappa shape index (κ3) is 5.37. The number of esters is 1. The Labute approximate surface area is 142 Å².